The number of pyridine rings is 1. The molecule has 0 amide bonds. The van der Waals surface area contributed by atoms with Crippen molar-refractivity contribution >= 4 is 38.4 Å². The second kappa shape index (κ2) is 10.3. The molecule has 1 unspecified atom stereocenters. The summed E-state index contributed by atoms with van der Waals surface area (Å²) < 4.78 is 55.8. The van der Waals surface area contributed by atoms with Gasteiger partial charge in [-0.1, -0.05) is 6.07 Å². The van der Waals surface area contributed by atoms with Crippen LogP contribution in [-0.2, 0) is 23.7 Å². The summed E-state index contributed by atoms with van der Waals surface area (Å²) in [6, 6.07) is 10.4. The van der Waals surface area contributed by atoms with Crippen LogP contribution in [0, 0.1) is 0 Å². The summed E-state index contributed by atoms with van der Waals surface area (Å²) in [5.41, 5.74) is 1.91. The van der Waals surface area contributed by atoms with E-state index in [2.05, 4.69) is 31.3 Å². The van der Waals surface area contributed by atoms with Crippen molar-refractivity contribution in [3.63, 3.8) is 0 Å². The lowest BCUT2D eigenvalue weighted by Gasteiger charge is -2.30. The Kier molecular flexibility index (Phi) is 7.09. The molecule has 0 aliphatic carbocycles. The molecule has 4 heterocycles. The van der Waals surface area contributed by atoms with Crippen molar-refractivity contribution < 1.29 is 17.4 Å². The van der Waals surface area contributed by atoms with Crippen molar-refractivity contribution in [1.29, 1.82) is 0 Å². The average molecular weight is 579 g/mol. The Hall–Kier alpha value is -2.83. The van der Waals surface area contributed by atoms with Crippen LogP contribution in [0.15, 0.2) is 70.4 Å². The second-order valence-electron chi connectivity index (χ2n) is 8.48. The first-order valence-corrected chi connectivity index (χ1v) is 13.2. The molecule has 0 radical (unpaired) electrons. The molecule has 1 fully saturated rings. The van der Waals surface area contributed by atoms with Gasteiger partial charge >= 0.3 is 6.18 Å². The van der Waals surface area contributed by atoms with Crippen LogP contribution in [0.1, 0.15) is 35.6 Å². The first-order valence-electron chi connectivity index (χ1n) is 11.3. The molecule has 3 aromatic heterocycles. The number of nitrogens with zero attached hydrogens (tertiary/aromatic N) is 5. The van der Waals surface area contributed by atoms with Gasteiger partial charge in [0.05, 0.1) is 21.1 Å². The highest BCUT2D eigenvalue weighted by Gasteiger charge is 2.31. The van der Waals surface area contributed by atoms with Gasteiger partial charge in [-0.2, -0.15) is 22.8 Å². The zero-order valence-electron chi connectivity index (χ0n) is 19.0. The highest BCUT2D eigenvalue weighted by molar-refractivity contribution is 9.10. The molecular weight excluding hydrogens is 557 g/mol. The molecule has 5 rings (SSSR count). The van der Waals surface area contributed by atoms with E-state index in [1.165, 1.54) is 12.1 Å². The van der Waals surface area contributed by atoms with E-state index in [1.54, 1.807) is 27.4 Å². The van der Waals surface area contributed by atoms with Crippen LogP contribution in [0.2, 0.25) is 0 Å². The number of piperidine rings is 1. The number of rotatable bonds is 6. The van der Waals surface area contributed by atoms with Crippen LogP contribution in [0.3, 0.4) is 0 Å². The summed E-state index contributed by atoms with van der Waals surface area (Å²) in [4.78, 5) is 9.35. The fourth-order valence-corrected chi connectivity index (χ4v) is 5.77. The van der Waals surface area contributed by atoms with Crippen molar-refractivity contribution in [2.75, 3.05) is 18.4 Å². The van der Waals surface area contributed by atoms with E-state index < -0.39 is 22.7 Å². The molecule has 7 nitrogen and oxygen atoms in total. The van der Waals surface area contributed by atoms with Crippen LogP contribution in [0.4, 0.5) is 19.0 Å². The number of hydrogen-bond acceptors (Lipinski definition) is 5. The Balaban J connectivity index is 1.29. The minimum Gasteiger partial charge on any atom is -0.366 e. The molecule has 1 saturated heterocycles. The molecule has 1 aliphatic rings. The van der Waals surface area contributed by atoms with Crippen molar-refractivity contribution in [2.24, 2.45) is 0 Å². The summed E-state index contributed by atoms with van der Waals surface area (Å²) in [7, 11) is -1.52. The Labute approximate surface area is 216 Å². The summed E-state index contributed by atoms with van der Waals surface area (Å²) in [5.74, 6) is 0.955. The maximum Gasteiger partial charge on any atom is 0.416 e. The summed E-state index contributed by atoms with van der Waals surface area (Å²) in [5, 5.41) is 7.84. The largest absolute Gasteiger partial charge is 0.416 e. The smallest absolute Gasteiger partial charge is 0.366 e. The zero-order chi connectivity index (χ0) is 25.3. The van der Waals surface area contributed by atoms with Crippen LogP contribution in [0.25, 0.3) is 5.65 Å². The molecule has 1 atom stereocenters. The molecule has 36 heavy (non-hydrogen) atoms. The van der Waals surface area contributed by atoms with E-state index in [9.17, 15) is 17.4 Å². The van der Waals surface area contributed by atoms with E-state index in [4.69, 9.17) is 4.98 Å². The zero-order valence-corrected chi connectivity index (χ0v) is 21.4. The van der Waals surface area contributed by atoms with E-state index in [0.29, 0.717) is 30.2 Å². The molecule has 12 heteroatoms. The fraction of sp³-hybridized carbons (Fsp3) is 0.292. The quantitative estimate of drug-likeness (QED) is 0.330. The lowest BCUT2D eigenvalue weighted by atomic mass is 9.94. The third-order valence-corrected chi connectivity index (χ3v) is 8.20. The van der Waals surface area contributed by atoms with E-state index >= 15 is 0 Å². The monoisotopic (exact) mass is 578 g/mol. The van der Waals surface area contributed by atoms with Gasteiger partial charge in [0, 0.05) is 49.7 Å². The third kappa shape index (κ3) is 5.30. The normalized spacial score (nSPS) is 16.3. The molecule has 0 spiro atoms. The minimum absolute atomic E-state index is 0.150. The number of hydrogen-bond donors (Lipinski definition) is 1. The standard InChI is InChI=1S/C24H22BrF3N6OS/c25-20-15-31-34-22(30-14-16-2-1-9-29-13-16)12-21(32-23(20)34)17-7-10-33(11-8-17)36(35)19-5-3-18(4-6-19)24(26,27)28/h1-6,9,12-13,15,17,30H,7-8,10-11,14H2. The van der Waals surface area contributed by atoms with Crippen molar-refractivity contribution in [2.45, 2.75) is 36.4 Å². The van der Waals surface area contributed by atoms with Gasteiger partial charge in [-0.25, -0.2) is 13.5 Å². The van der Waals surface area contributed by atoms with Gasteiger partial charge in [0.1, 0.15) is 16.8 Å². The van der Waals surface area contributed by atoms with Crippen molar-refractivity contribution in [1.82, 2.24) is 23.9 Å². The van der Waals surface area contributed by atoms with Crippen LogP contribution < -0.4 is 5.32 Å². The maximum atomic E-state index is 13.0. The minimum atomic E-state index is -4.41. The van der Waals surface area contributed by atoms with Crippen molar-refractivity contribution in [3.05, 3.63) is 82.3 Å². The number of benzene rings is 1. The molecular formula is C24H22BrF3N6OS. The number of aromatic nitrogens is 4. The highest BCUT2D eigenvalue weighted by Crippen LogP contribution is 2.33. The van der Waals surface area contributed by atoms with Crippen molar-refractivity contribution in [3.8, 4) is 0 Å². The predicted molar refractivity (Wildman–Crippen MR) is 134 cm³/mol. The fourth-order valence-electron chi connectivity index (χ4n) is 4.21. The summed E-state index contributed by atoms with van der Waals surface area (Å²) in [6.45, 7) is 1.67. The third-order valence-electron chi connectivity index (χ3n) is 6.13. The molecule has 0 saturated carbocycles. The summed E-state index contributed by atoms with van der Waals surface area (Å²) in [6.07, 6.45) is 2.28. The molecule has 1 aromatic carbocycles. The SMILES string of the molecule is O=S(c1ccc(C(F)(F)F)cc1)N1CCC(c2cc(NCc3cccnc3)n3ncc(Br)c3n2)CC1. The van der Waals surface area contributed by atoms with Crippen LogP contribution >= 0.6 is 15.9 Å². The first-order chi connectivity index (χ1) is 17.3. The predicted octanol–water partition coefficient (Wildman–Crippen LogP) is 5.42. The number of nitrogens with one attached hydrogen (secondary N) is 1. The van der Waals surface area contributed by atoms with Gasteiger partial charge in [0.25, 0.3) is 0 Å². The molecule has 1 aliphatic heterocycles. The Morgan fingerprint density at radius 3 is 2.53 bits per heavy atom. The number of fused-ring (bicyclic) bond motifs is 1. The number of anilines is 1. The Morgan fingerprint density at radius 1 is 1.11 bits per heavy atom. The van der Waals surface area contributed by atoms with Gasteiger partial charge in [0.2, 0.25) is 0 Å². The lowest BCUT2D eigenvalue weighted by Crippen LogP contribution is -2.34. The van der Waals surface area contributed by atoms with E-state index in [0.717, 1.165) is 46.5 Å². The molecule has 1 N–H and O–H groups in total. The maximum absolute atomic E-state index is 13.0. The topological polar surface area (TPSA) is 75.4 Å². The average Bonchev–Trinajstić information content (AvgIpc) is 3.28. The van der Waals surface area contributed by atoms with E-state index in [1.807, 2.05) is 18.2 Å². The van der Waals surface area contributed by atoms with Gasteiger partial charge in [-0.3, -0.25) is 4.98 Å². The Bertz CT molecular complexity index is 1370. The van der Waals surface area contributed by atoms with Crippen LogP contribution in [-0.4, -0.2) is 41.2 Å². The second-order valence-corrected chi connectivity index (χ2v) is 10.8. The van der Waals surface area contributed by atoms with Gasteiger partial charge < -0.3 is 5.32 Å². The molecule has 188 valence electrons. The first kappa shape index (κ1) is 24.8. The van der Waals surface area contributed by atoms with Gasteiger partial charge in [0.15, 0.2) is 5.65 Å². The number of halogens is 4. The lowest BCUT2D eigenvalue weighted by molar-refractivity contribution is -0.137. The molecule has 4 aromatic rings. The Morgan fingerprint density at radius 2 is 1.86 bits per heavy atom. The van der Waals surface area contributed by atoms with E-state index in [-0.39, 0.29) is 5.92 Å². The van der Waals surface area contributed by atoms with Gasteiger partial charge in [-0.05, 0) is 64.7 Å². The summed E-state index contributed by atoms with van der Waals surface area (Å²) >= 11 is 3.52. The molecule has 0 bridgehead atoms. The van der Waals surface area contributed by atoms with Gasteiger partial charge in [-0.15, -0.1) is 0 Å². The number of alkyl halides is 3. The van der Waals surface area contributed by atoms with Crippen LogP contribution in [0.5, 0.6) is 0 Å². The highest BCUT2D eigenvalue weighted by atomic mass is 79.9.